The van der Waals surface area contributed by atoms with Crippen molar-refractivity contribution in [3.05, 3.63) is 83.1 Å². The zero-order valence-electron chi connectivity index (χ0n) is 11.7. The summed E-state index contributed by atoms with van der Waals surface area (Å²) in [4.78, 5) is 4.46. The van der Waals surface area contributed by atoms with Crippen molar-refractivity contribution in [3.63, 3.8) is 0 Å². The van der Waals surface area contributed by atoms with Gasteiger partial charge in [-0.15, -0.1) is 0 Å². The molecule has 2 nitrogen and oxygen atoms in total. The molecule has 3 heteroatoms. The molecule has 1 aromatic heterocycles. The molecule has 0 unspecified atom stereocenters. The van der Waals surface area contributed by atoms with E-state index in [9.17, 15) is 0 Å². The van der Waals surface area contributed by atoms with Crippen LogP contribution in [0.5, 0.6) is 0 Å². The minimum atomic E-state index is 0.697. The number of benzene rings is 2. The van der Waals surface area contributed by atoms with E-state index < -0.39 is 0 Å². The average molecular weight is 295 g/mol. The Kier molecular flexibility index (Phi) is 3.89. The molecule has 0 spiro atoms. The topological polar surface area (TPSA) is 17.3 Å². The molecule has 0 saturated carbocycles. The fraction of sp³-hybridized carbons (Fsp3) is 0.0556. The SMILES string of the molecule is Cc1cc(C=Nc2cccc(Cl)c2)cn1-c1ccccc1. The van der Waals surface area contributed by atoms with Gasteiger partial charge >= 0.3 is 0 Å². The molecule has 0 atom stereocenters. The van der Waals surface area contributed by atoms with Crippen LogP contribution in [0.4, 0.5) is 5.69 Å². The predicted molar refractivity (Wildman–Crippen MR) is 89.2 cm³/mol. The number of hydrogen-bond donors (Lipinski definition) is 0. The van der Waals surface area contributed by atoms with Gasteiger partial charge in [-0.2, -0.15) is 0 Å². The molecule has 3 rings (SSSR count). The van der Waals surface area contributed by atoms with Gasteiger partial charge in [0.1, 0.15) is 0 Å². The van der Waals surface area contributed by atoms with Gasteiger partial charge in [-0.3, -0.25) is 4.99 Å². The van der Waals surface area contributed by atoms with Crippen molar-refractivity contribution in [1.82, 2.24) is 4.57 Å². The lowest BCUT2D eigenvalue weighted by atomic mass is 10.3. The molecule has 2 aromatic carbocycles. The highest BCUT2D eigenvalue weighted by Gasteiger charge is 2.02. The van der Waals surface area contributed by atoms with Crippen molar-refractivity contribution >= 4 is 23.5 Å². The summed E-state index contributed by atoms with van der Waals surface area (Å²) in [6, 6.07) is 19.9. The van der Waals surface area contributed by atoms with Crippen LogP contribution in [0.25, 0.3) is 5.69 Å². The number of aryl methyl sites for hydroxylation is 1. The second-order valence-electron chi connectivity index (χ2n) is 4.86. The summed E-state index contributed by atoms with van der Waals surface area (Å²) in [6.07, 6.45) is 3.94. The molecule has 1 heterocycles. The highest BCUT2D eigenvalue weighted by atomic mass is 35.5. The second kappa shape index (κ2) is 5.98. The van der Waals surface area contributed by atoms with Gasteiger partial charge in [-0.25, -0.2) is 0 Å². The molecule has 3 aromatic rings. The van der Waals surface area contributed by atoms with Gasteiger partial charge in [0.25, 0.3) is 0 Å². The number of hydrogen-bond acceptors (Lipinski definition) is 1. The normalized spacial score (nSPS) is 11.1. The highest BCUT2D eigenvalue weighted by molar-refractivity contribution is 6.30. The number of aliphatic imine (C=N–C) groups is 1. The monoisotopic (exact) mass is 294 g/mol. The van der Waals surface area contributed by atoms with Crippen LogP contribution in [0.2, 0.25) is 5.02 Å². The molecule has 104 valence electrons. The van der Waals surface area contributed by atoms with Gasteiger partial charge in [-0.05, 0) is 43.3 Å². The summed E-state index contributed by atoms with van der Waals surface area (Å²) in [5, 5.41) is 0.697. The van der Waals surface area contributed by atoms with E-state index in [-0.39, 0.29) is 0 Å². The fourth-order valence-corrected chi connectivity index (χ4v) is 2.43. The fourth-order valence-electron chi connectivity index (χ4n) is 2.24. The summed E-state index contributed by atoms with van der Waals surface area (Å²) in [6.45, 7) is 2.09. The zero-order valence-corrected chi connectivity index (χ0v) is 12.5. The first-order valence-electron chi connectivity index (χ1n) is 6.76. The third-order valence-corrected chi connectivity index (χ3v) is 3.47. The van der Waals surface area contributed by atoms with Gasteiger partial charge in [-0.1, -0.05) is 35.9 Å². The Balaban J connectivity index is 1.88. The van der Waals surface area contributed by atoms with Crippen molar-refractivity contribution in [2.24, 2.45) is 4.99 Å². The highest BCUT2D eigenvalue weighted by Crippen LogP contribution is 2.19. The van der Waals surface area contributed by atoms with Crippen LogP contribution in [0.3, 0.4) is 0 Å². The lowest BCUT2D eigenvalue weighted by molar-refractivity contribution is 1.02. The van der Waals surface area contributed by atoms with Gasteiger partial charge < -0.3 is 4.57 Å². The molecular formula is C18H15ClN2. The van der Waals surface area contributed by atoms with Crippen LogP contribution < -0.4 is 0 Å². The Hall–Kier alpha value is -2.32. The molecule has 0 aliphatic rings. The van der Waals surface area contributed by atoms with E-state index in [2.05, 4.69) is 40.9 Å². The van der Waals surface area contributed by atoms with Crippen molar-refractivity contribution in [3.8, 4) is 5.69 Å². The predicted octanol–water partition coefficient (Wildman–Crippen LogP) is 5.19. The number of halogens is 1. The first-order valence-corrected chi connectivity index (χ1v) is 7.14. The quantitative estimate of drug-likeness (QED) is 0.592. The molecular weight excluding hydrogens is 280 g/mol. The van der Waals surface area contributed by atoms with Gasteiger partial charge in [0, 0.05) is 34.4 Å². The van der Waals surface area contributed by atoms with E-state index in [1.54, 1.807) is 0 Å². The third-order valence-electron chi connectivity index (χ3n) is 3.24. The maximum Gasteiger partial charge on any atom is 0.0644 e. The maximum absolute atomic E-state index is 5.96. The van der Waals surface area contributed by atoms with Crippen LogP contribution >= 0.6 is 11.6 Å². The lowest BCUT2D eigenvalue weighted by Gasteiger charge is -2.04. The maximum atomic E-state index is 5.96. The van der Waals surface area contributed by atoms with Crippen LogP contribution in [-0.2, 0) is 0 Å². The van der Waals surface area contributed by atoms with Crippen molar-refractivity contribution in [2.45, 2.75) is 6.92 Å². The minimum Gasteiger partial charge on any atom is -0.321 e. The molecule has 0 N–H and O–H groups in total. The summed E-state index contributed by atoms with van der Waals surface area (Å²) in [7, 11) is 0. The Bertz CT molecular complexity index is 773. The summed E-state index contributed by atoms with van der Waals surface area (Å²) < 4.78 is 2.15. The van der Waals surface area contributed by atoms with E-state index in [1.165, 1.54) is 5.69 Å². The summed E-state index contributed by atoms with van der Waals surface area (Å²) in [5.41, 5.74) is 4.25. The van der Waals surface area contributed by atoms with Crippen LogP contribution in [-0.4, -0.2) is 10.8 Å². The zero-order chi connectivity index (χ0) is 14.7. The smallest absolute Gasteiger partial charge is 0.0644 e. The average Bonchev–Trinajstić information content (AvgIpc) is 2.87. The lowest BCUT2D eigenvalue weighted by Crippen LogP contribution is -1.93. The summed E-state index contributed by atoms with van der Waals surface area (Å²) >= 11 is 5.96. The first kappa shape index (κ1) is 13.7. The second-order valence-corrected chi connectivity index (χ2v) is 5.29. The van der Waals surface area contributed by atoms with E-state index in [0.29, 0.717) is 5.02 Å². The van der Waals surface area contributed by atoms with Crippen LogP contribution in [0, 0.1) is 6.92 Å². The third kappa shape index (κ3) is 3.23. The van der Waals surface area contributed by atoms with Gasteiger partial charge in [0.2, 0.25) is 0 Å². The molecule has 0 bridgehead atoms. The molecule has 0 radical (unpaired) electrons. The van der Waals surface area contributed by atoms with Crippen LogP contribution in [0.1, 0.15) is 11.3 Å². The van der Waals surface area contributed by atoms with Crippen molar-refractivity contribution < 1.29 is 0 Å². The molecule has 0 amide bonds. The molecule has 0 aliphatic heterocycles. The molecule has 21 heavy (non-hydrogen) atoms. The number of rotatable bonds is 3. The van der Waals surface area contributed by atoms with E-state index in [4.69, 9.17) is 11.6 Å². The van der Waals surface area contributed by atoms with Crippen molar-refractivity contribution in [2.75, 3.05) is 0 Å². The number of para-hydroxylation sites is 1. The molecule has 0 aliphatic carbocycles. The first-order chi connectivity index (χ1) is 10.2. The van der Waals surface area contributed by atoms with E-state index in [0.717, 1.165) is 16.9 Å². The minimum absolute atomic E-state index is 0.697. The standard InChI is InChI=1S/C18H15ClN2/c1-14-10-15(12-20-17-7-5-6-16(19)11-17)13-21(14)18-8-3-2-4-9-18/h2-13H,1H3. The van der Waals surface area contributed by atoms with Crippen molar-refractivity contribution in [1.29, 1.82) is 0 Å². The van der Waals surface area contributed by atoms with Gasteiger partial charge in [0.15, 0.2) is 0 Å². The van der Waals surface area contributed by atoms with Crippen LogP contribution in [0.15, 0.2) is 71.9 Å². The Morgan fingerprint density at radius 1 is 1.00 bits per heavy atom. The Labute approximate surface area is 129 Å². The molecule has 0 fully saturated rings. The van der Waals surface area contributed by atoms with Gasteiger partial charge in [0.05, 0.1) is 5.69 Å². The number of nitrogens with zero attached hydrogens (tertiary/aromatic N) is 2. The largest absolute Gasteiger partial charge is 0.321 e. The Morgan fingerprint density at radius 3 is 2.57 bits per heavy atom. The Morgan fingerprint density at radius 2 is 1.81 bits per heavy atom. The van der Waals surface area contributed by atoms with E-state index in [1.807, 2.05) is 48.7 Å². The van der Waals surface area contributed by atoms with E-state index >= 15 is 0 Å². The number of aromatic nitrogens is 1. The summed E-state index contributed by atoms with van der Waals surface area (Å²) in [5.74, 6) is 0. The molecule has 0 saturated heterocycles.